The van der Waals surface area contributed by atoms with Gasteiger partial charge in [-0.25, -0.2) is 12.4 Å². The highest BCUT2D eigenvalue weighted by atomic mass is 32.2. The van der Waals surface area contributed by atoms with E-state index in [1.807, 2.05) is 43.8 Å². The van der Waals surface area contributed by atoms with E-state index in [1.165, 1.54) is 3.97 Å². The maximum atomic E-state index is 13.5. The maximum Gasteiger partial charge on any atom is 0.268 e. The van der Waals surface area contributed by atoms with Crippen LogP contribution >= 0.6 is 0 Å². The molecule has 7 nitrogen and oxygen atoms in total. The monoisotopic (exact) mass is 453 g/mol. The average Bonchev–Trinajstić information content (AvgIpc) is 3.56. The fourth-order valence-electron chi connectivity index (χ4n) is 4.26. The normalized spacial score (nSPS) is 12.0. The van der Waals surface area contributed by atoms with Gasteiger partial charge in [0.25, 0.3) is 10.0 Å². The van der Waals surface area contributed by atoms with Gasteiger partial charge in [0.05, 0.1) is 22.8 Å². The minimum Gasteiger partial charge on any atom is -0.361 e. The quantitative estimate of drug-likeness (QED) is 0.415. The van der Waals surface area contributed by atoms with E-state index >= 15 is 0 Å². The van der Waals surface area contributed by atoms with Crippen molar-refractivity contribution in [3.8, 4) is 22.3 Å². The highest BCUT2D eigenvalue weighted by Crippen LogP contribution is 2.37. The van der Waals surface area contributed by atoms with Gasteiger partial charge in [-0.2, -0.15) is 5.10 Å². The third-order valence-corrected chi connectivity index (χ3v) is 7.57. The van der Waals surface area contributed by atoms with Gasteiger partial charge in [-0.15, -0.1) is 0 Å². The van der Waals surface area contributed by atoms with Crippen LogP contribution in [-0.4, -0.2) is 32.1 Å². The number of nitrogens with zero attached hydrogens (tertiary/aromatic N) is 4. The molecule has 0 saturated carbocycles. The fourth-order valence-corrected chi connectivity index (χ4v) is 5.64. The summed E-state index contributed by atoms with van der Waals surface area (Å²) in [6.45, 7) is 0. The van der Waals surface area contributed by atoms with Crippen LogP contribution < -0.4 is 0 Å². The van der Waals surface area contributed by atoms with Gasteiger partial charge in [-0.05, 0) is 35.9 Å². The van der Waals surface area contributed by atoms with Gasteiger partial charge in [0.15, 0.2) is 0 Å². The van der Waals surface area contributed by atoms with Crippen LogP contribution in [0, 0.1) is 0 Å². The Bertz CT molecular complexity index is 1740. The van der Waals surface area contributed by atoms with Crippen molar-refractivity contribution in [1.29, 1.82) is 0 Å². The summed E-state index contributed by atoms with van der Waals surface area (Å²) in [6, 6.07) is 16.5. The molecular formula is C25H19N5O2S. The van der Waals surface area contributed by atoms with Crippen molar-refractivity contribution in [3.05, 3.63) is 91.8 Å². The molecule has 0 radical (unpaired) electrons. The Morgan fingerprint density at radius 1 is 0.879 bits per heavy atom. The van der Waals surface area contributed by atoms with E-state index < -0.39 is 10.0 Å². The van der Waals surface area contributed by atoms with Crippen LogP contribution in [0.4, 0.5) is 0 Å². The highest BCUT2D eigenvalue weighted by molar-refractivity contribution is 7.90. The number of aryl methyl sites for hydroxylation is 1. The SMILES string of the molecule is Cn1cc(-c2ccc3[nH]cc(-c4cn(S(=O)(=O)c5ccccc5)c5cnccc45)c3c2)cn1. The summed E-state index contributed by atoms with van der Waals surface area (Å²) in [4.78, 5) is 7.74. The number of fused-ring (bicyclic) bond motifs is 2. The number of hydrogen-bond acceptors (Lipinski definition) is 4. The van der Waals surface area contributed by atoms with Crippen molar-refractivity contribution in [2.75, 3.05) is 0 Å². The van der Waals surface area contributed by atoms with Gasteiger partial charge in [0.2, 0.25) is 0 Å². The largest absolute Gasteiger partial charge is 0.361 e. The Kier molecular flexibility index (Phi) is 4.24. The maximum absolute atomic E-state index is 13.5. The molecule has 0 aliphatic rings. The van der Waals surface area contributed by atoms with Crippen molar-refractivity contribution < 1.29 is 8.42 Å². The Morgan fingerprint density at radius 2 is 1.73 bits per heavy atom. The number of benzene rings is 2. The summed E-state index contributed by atoms with van der Waals surface area (Å²) >= 11 is 0. The van der Waals surface area contributed by atoms with E-state index in [9.17, 15) is 8.42 Å². The molecule has 0 fully saturated rings. The zero-order valence-electron chi connectivity index (χ0n) is 17.7. The molecule has 2 aromatic carbocycles. The van der Waals surface area contributed by atoms with Gasteiger partial charge >= 0.3 is 0 Å². The second-order valence-corrected chi connectivity index (χ2v) is 9.73. The zero-order chi connectivity index (χ0) is 22.6. The van der Waals surface area contributed by atoms with Crippen LogP contribution in [0.3, 0.4) is 0 Å². The summed E-state index contributed by atoms with van der Waals surface area (Å²) in [5.41, 5.74) is 5.31. The zero-order valence-corrected chi connectivity index (χ0v) is 18.5. The second-order valence-electron chi connectivity index (χ2n) is 7.91. The predicted molar refractivity (Wildman–Crippen MR) is 128 cm³/mol. The van der Waals surface area contributed by atoms with E-state index in [0.29, 0.717) is 5.52 Å². The lowest BCUT2D eigenvalue weighted by atomic mass is 10.0. The molecule has 0 amide bonds. The lowest BCUT2D eigenvalue weighted by molar-refractivity contribution is 0.589. The second kappa shape index (κ2) is 7.18. The van der Waals surface area contributed by atoms with Crippen LogP contribution in [0.15, 0.2) is 96.7 Å². The molecule has 6 rings (SSSR count). The third kappa shape index (κ3) is 3.07. The third-order valence-electron chi connectivity index (χ3n) is 5.88. The number of nitrogens with one attached hydrogen (secondary N) is 1. The van der Waals surface area contributed by atoms with Crippen LogP contribution in [-0.2, 0) is 17.1 Å². The molecule has 0 saturated heterocycles. The van der Waals surface area contributed by atoms with Crippen molar-refractivity contribution in [2.45, 2.75) is 4.90 Å². The molecule has 33 heavy (non-hydrogen) atoms. The molecule has 0 aliphatic heterocycles. The molecule has 162 valence electrons. The summed E-state index contributed by atoms with van der Waals surface area (Å²) in [6.07, 6.45) is 10.7. The molecule has 4 heterocycles. The number of aromatic amines is 1. The summed E-state index contributed by atoms with van der Waals surface area (Å²) in [5.74, 6) is 0. The molecule has 4 aromatic heterocycles. The topological polar surface area (TPSA) is 85.6 Å². The number of hydrogen-bond donors (Lipinski definition) is 1. The number of rotatable bonds is 4. The Balaban J connectivity index is 1.59. The van der Waals surface area contributed by atoms with E-state index in [4.69, 9.17) is 0 Å². The van der Waals surface area contributed by atoms with Crippen LogP contribution in [0.25, 0.3) is 44.1 Å². The first-order valence-corrected chi connectivity index (χ1v) is 11.8. The Morgan fingerprint density at radius 3 is 2.52 bits per heavy atom. The summed E-state index contributed by atoms with van der Waals surface area (Å²) in [5, 5.41) is 6.09. The average molecular weight is 454 g/mol. The van der Waals surface area contributed by atoms with Crippen molar-refractivity contribution in [1.82, 2.24) is 23.7 Å². The van der Waals surface area contributed by atoms with Crippen molar-refractivity contribution in [2.24, 2.45) is 7.05 Å². The minimum absolute atomic E-state index is 0.232. The molecule has 0 aliphatic carbocycles. The fraction of sp³-hybridized carbons (Fsp3) is 0.0400. The van der Waals surface area contributed by atoms with E-state index in [1.54, 1.807) is 53.6 Å². The van der Waals surface area contributed by atoms with Gasteiger partial charge < -0.3 is 4.98 Å². The number of aromatic nitrogens is 5. The van der Waals surface area contributed by atoms with Gasteiger partial charge in [0.1, 0.15) is 0 Å². The minimum atomic E-state index is -3.78. The van der Waals surface area contributed by atoms with E-state index in [2.05, 4.69) is 21.1 Å². The first kappa shape index (κ1) is 19.5. The van der Waals surface area contributed by atoms with E-state index in [0.717, 1.165) is 38.5 Å². The summed E-state index contributed by atoms with van der Waals surface area (Å²) < 4.78 is 30.0. The molecule has 0 spiro atoms. The first-order valence-electron chi connectivity index (χ1n) is 10.4. The summed E-state index contributed by atoms with van der Waals surface area (Å²) in [7, 11) is -1.89. The van der Waals surface area contributed by atoms with Crippen LogP contribution in [0.5, 0.6) is 0 Å². The van der Waals surface area contributed by atoms with Gasteiger partial charge in [-0.3, -0.25) is 9.67 Å². The molecule has 0 atom stereocenters. The van der Waals surface area contributed by atoms with Crippen molar-refractivity contribution >= 4 is 31.8 Å². The Hall–Kier alpha value is -4.17. The molecule has 6 aromatic rings. The Labute approximate surface area is 190 Å². The smallest absolute Gasteiger partial charge is 0.268 e. The number of H-pyrrole nitrogens is 1. The lowest BCUT2D eigenvalue weighted by Crippen LogP contribution is -2.11. The molecule has 8 heteroatoms. The predicted octanol–water partition coefficient (Wildman–Crippen LogP) is 4.82. The van der Waals surface area contributed by atoms with E-state index in [-0.39, 0.29) is 4.90 Å². The number of pyridine rings is 1. The standard InChI is InChI=1S/C25H19N5O2S/c1-29-15-18(12-28-29)17-7-8-24-21(11-17)22(13-27-24)23-16-30(25-14-26-10-9-20(23)25)33(31,32)19-5-3-2-4-6-19/h2-16,27H,1H3. The molecule has 0 unspecified atom stereocenters. The lowest BCUT2D eigenvalue weighted by Gasteiger charge is -2.06. The molecular weight excluding hydrogens is 434 g/mol. The van der Waals surface area contributed by atoms with Crippen molar-refractivity contribution in [3.63, 3.8) is 0 Å². The van der Waals surface area contributed by atoms with Gasteiger partial charge in [-0.1, -0.05) is 24.3 Å². The molecule has 1 N–H and O–H groups in total. The van der Waals surface area contributed by atoms with Crippen LogP contribution in [0.1, 0.15) is 0 Å². The van der Waals surface area contributed by atoms with Gasteiger partial charge in [0, 0.05) is 64.8 Å². The van der Waals surface area contributed by atoms with Crippen LogP contribution in [0.2, 0.25) is 0 Å². The molecule has 0 bridgehead atoms. The first-order chi connectivity index (χ1) is 16.0. The highest BCUT2D eigenvalue weighted by Gasteiger charge is 2.23.